The summed E-state index contributed by atoms with van der Waals surface area (Å²) in [4.78, 5) is 0. The van der Waals surface area contributed by atoms with Gasteiger partial charge in [-0.15, -0.1) is 11.6 Å². The van der Waals surface area contributed by atoms with Crippen molar-refractivity contribution in [2.24, 2.45) is 16.7 Å². The lowest BCUT2D eigenvalue weighted by Gasteiger charge is -2.43. The van der Waals surface area contributed by atoms with Gasteiger partial charge in [0.05, 0.1) is 13.2 Å². The maximum atomic E-state index is 6.26. The van der Waals surface area contributed by atoms with E-state index in [4.69, 9.17) is 21.1 Å². The van der Waals surface area contributed by atoms with Gasteiger partial charge in [-0.3, -0.25) is 0 Å². The van der Waals surface area contributed by atoms with Crippen LogP contribution in [0.1, 0.15) is 52.9 Å². The minimum atomic E-state index is 0.316. The minimum Gasteiger partial charge on any atom is -0.382 e. The van der Waals surface area contributed by atoms with Crippen molar-refractivity contribution in [2.45, 2.75) is 52.9 Å². The van der Waals surface area contributed by atoms with E-state index in [1.807, 2.05) is 0 Å². The van der Waals surface area contributed by atoms with E-state index in [2.05, 4.69) is 20.8 Å². The number of hydrogen-bond donors (Lipinski definition) is 0. The van der Waals surface area contributed by atoms with Gasteiger partial charge in [0.25, 0.3) is 0 Å². The van der Waals surface area contributed by atoms with E-state index in [0.717, 1.165) is 24.8 Å². The fourth-order valence-electron chi connectivity index (χ4n) is 3.08. The maximum absolute atomic E-state index is 6.26. The number of hydrogen-bond acceptors (Lipinski definition) is 2. The molecule has 114 valence electrons. The molecule has 0 aromatic rings. The van der Waals surface area contributed by atoms with E-state index in [0.29, 0.717) is 24.0 Å². The lowest BCUT2D eigenvalue weighted by atomic mass is 9.64. The van der Waals surface area contributed by atoms with Gasteiger partial charge in [0, 0.05) is 19.6 Å². The quantitative estimate of drug-likeness (QED) is 0.508. The van der Waals surface area contributed by atoms with Crippen LogP contribution in [0.2, 0.25) is 0 Å². The van der Waals surface area contributed by atoms with E-state index in [9.17, 15) is 0 Å². The summed E-state index contributed by atoms with van der Waals surface area (Å²) in [5.74, 6) is 1.62. The van der Waals surface area contributed by atoms with Crippen molar-refractivity contribution in [2.75, 3.05) is 32.8 Å². The highest BCUT2D eigenvalue weighted by Gasteiger charge is 2.37. The second-order valence-electron chi connectivity index (χ2n) is 7.13. The molecule has 1 saturated carbocycles. The molecule has 0 spiro atoms. The van der Waals surface area contributed by atoms with E-state index in [-0.39, 0.29) is 0 Å². The fourth-order valence-corrected chi connectivity index (χ4v) is 3.48. The highest BCUT2D eigenvalue weighted by molar-refractivity contribution is 6.18. The van der Waals surface area contributed by atoms with Crippen LogP contribution in [-0.4, -0.2) is 32.8 Å². The van der Waals surface area contributed by atoms with Crippen molar-refractivity contribution in [3.8, 4) is 0 Å². The van der Waals surface area contributed by atoms with Crippen LogP contribution in [0.5, 0.6) is 0 Å². The molecular weight excluding hydrogens is 260 g/mol. The molecular formula is C16H31ClO2. The van der Waals surface area contributed by atoms with Crippen LogP contribution in [0.4, 0.5) is 0 Å². The third kappa shape index (κ3) is 5.61. The molecule has 0 heterocycles. The lowest BCUT2D eigenvalue weighted by molar-refractivity contribution is 0.0339. The molecule has 0 N–H and O–H groups in total. The Morgan fingerprint density at radius 1 is 1.11 bits per heavy atom. The highest BCUT2D eigenvalue weighted by Crippen LogP contribution is 2.47. The molecule has 2 nitrogen and oxygen atoms in total. The first kappa shape index (κ1) is 17.3. The zero-order valence-electron chi connectivity index (χ0n) is 13.1. The molecule has 1 fully saturated rings. The summed E-state index contributed by atoms with van der Waals surface area (Å²) in [6, 6.07) is 0. The first-order chi connectivity index (χ1) is 8.93. The average molecular weight is 291 g/mol. The third-order valence-electron chi connectivity index (χ3n) is 4.76. The first-order valence-corrected chi connectivity index (χ1v) is 8.10. The largest absolute Gasteiger partial charge is 0.382 e. The number of methoxy groups -OCH3 is 1. The van der Waals surface area contributed by atoms with Gasteiger partial charge in [-0.25, -0.2) is 0 Å². The molecule has 1 aliphatic carbocycles. The molecule has 0 aliphatic heterocycles. The fraction of sp³-hybridized carbons (Fsp3) is 1.00. The van der Waals surface area contributed by atoms with Gasteiger partial charge in [0.2, 0.25) is 0 Å². The average Bonchev–Trinajstić information content (AvgIpc) is 2.38. The summed E-state index contributed by atoms with van der Waals surface area (Å²) < 4.78 is 10.6. The normalized spacial score (nSPS) is 28.6. The van der Waals surface area contributed by atoms with Crippen LogP contribution < -0.4 is 0 Å². The number of halogens is 1. The van der Waals surface area contributed by atoms with Crippen LogP contribution in [0, 0.1) is 16.7 Å². The second-order valence-corrected chi connectivity index (χ2v) is 7.40. The van der Waals surface area contributed by atoms with Gasteiger partial charge in [0.15, 0.2) is 0 Å². The van der Waals surface area contributed by atoms with Gasteiger partial charge in [-0.05, 0) is 48.9 Å². The van der Waals surface area contributed by atoms with Gasteiger partial charge in [0.1, 0.15) is 0 Å². The Morgan fingerprint density at radius 2 is 1.74 bits per heavy atom. The van der Waals surface area contributed by atoms with E-state index in [1.165, 1.54) is 25.7 Å². The van der Waals surface area contributed by atoms with Crippen LogP contribution in [0.15, 0.2) is 0 Å². The Bertz CT molecular complexity index is 240. The monoisotopic (exact) mass is 290 g/mol. The third-order valence-corrected chi connectivity index (χ3v) is 5.33. The highest BCUT2D eigenvalue weighted by atomic mass is 35.5. The number of ether oxygens (including phenoxy) is 2. The van der Waals surface area contributed by atoms with Gasteiger partial charge in [-0.2, -0.15) is 0 Å². The summed E-state index contributed by atoms with van der Waals surface area (Å²) >= 11 is 6.26. The number of rotatable bonds is 7. The molecule has 3 heteroatoms. The predicted molar refractivity (Wildman–Crippen MR) is 81.9 cm³/mol. The second kappa shape index (κ2) is 7.85. The topological polar surface area (TPSA) is 18.5 Å². The van der Waals surface area contributed by atoms with E-state index < -0.39 is 0 Å². The van der Waals surface area contributed by atoms with Crippen LogP contribution in [0.3, 0.4) is 0 Å². The standard InChI is InChI=1S/C16H31ClO2/c1-15(2,3)14-5-7-16(13-17,8-6-14)9-10-19-12-11-18-4/h14H,5-13H2,1-4H3. The molecule has 0 amide bonds. The maximum Gasteiger partial charge on any atom is 0.0700 e. The molecule has 19 heavy (non-hydrogen) atoms. The molecule has 0 unspecified atom stereocenters. The van der Waals surface area contributed by atoms with Crippen molar-refractivity contribution < 1.29 is 9.47 Å². The van der Waals surface area contributed by atoms with Crippen LogP contribution >= 0.6 is 11.6 Å². The Balaban J connectivity index is 2.34. The Hall–Kier alpha value is 0.210. The van der Waals surface area contributed by atoms with Gasteiger partial charge >= 0.3 is 0 Å². The molecule has 0 saturated heterocycles. The Kier molecular flexibility index (Phi) is 7.13. The Morgan fingerprint density at radius 3 is 2.21 bits per heavy atom. The first-order valence-electron chi connectivity index (χ1n) is 7.56. The van der Waals surface area contributed by atoms with Crippen molar-refractivity contribution in [1.82, 2.24) is 0 Å². The summed E-state index contributed by atoms with van der Waals surface area (Å²) in [7, 11) is 1.71. The molecule has 0 atom stereocenters. The predicted octanol–water partition coefficient (Wildman–Crippen LogP) is 4.50. The van der Waals surface area contributed by atoms with Crippen LogP contribution in [0.25, 0.3) is 0 Å². The van der Waals surface area contributed by atoms with E-state index >= 15 is 0 Å². The zero-order valence-corrected chi connectivity index (χ0v) is 13.9. The molecule has 0 aromatic heterocycles. The van der Waals surface area contributed by atoms with Crippen molar-refractivity contribution >= 4 is 11.6 Å². The molecule has 1 aliphatic rings. The van der Waals surface area contributed by atoms with E-state index in [1.54, 1.807) is 7.11 Å². The van der Waals surface area contributed by atoms with Crippen molar-refractivity contribution in [3.63, 3.8) is 0 Å². The van der Waals surface area contributed by atoms with Crippen molar-refractivity contribution in [3.05, 3.63) is 0 Å². The summed E-state index contributed by atoms with van der Waals surface area (Å²) in [5.41, 5.74) is 0.754. The van der Waals surface area contributed by atoms with Gasteiger partial charge in [-0.1, -0.05) is 20.8 Å². The van der Waals surface area contributed by atoms with Crippen molar-refractivity contribution in [1.29, 1.82) is 0 Å². The smallest absolute Gasteiger partial charge is 0.0700 e. The minimum absolute atomic E-state index is 0.316. The van der Waals surface area contributed by atoms with Gasteiger partial charge < -0.3 is 9.47 Å². The molecule has 0 aromatic carbocycles. The molecule has 1 rings (SSSR count). The summed E-state index contributed by atoms with van der Waals surface area (Å²) in [6.07, 6.45) is 6.23. The summed E-state index contributed by atoms with van der Waals surface area (Å²) in [6.45, 7) is 9.27. The van der Waals surface area contributed by atoms with Crippen LogP contribution in [-0.2, 0) is 9.47 Å². The lowest BCUT2D eigenvalue weighted by Crippen LogP contribution is -2.34. The zero-order chi connectivity index (χ0) is 14.4. The Labute approximate surface area is 124 Å². The number of alkyl halides is 1. The molecule has 0 bridgehead atoms. The summed E-state index contributed by atoms with van der Waals surface area (Å²) in [5, 5.41) is 0. The molecule has 0 radical (unpaired) electrons. The SMILES string of the molecule is COCCOCCC1(CCl)CCC(C(C)(C)C)CC1.